The van der Waals surface area contributed by atoms with Crippen LogP contribution in [0.25, 0.3) is 0 Å². The topological polar surface area (TPSA) is 23.8 Å². The van der Waals surface area contributed by atoms with Crippen LogP contribution < -0.4 is 0 Å². The molecule has 1 heteroatoms. The number of nitrogens with zero attached hydrogens (tertiary/aromatic N) is 1. The number of nitriles is 1. The van der Waals surface area contributed by atoms with Gasteiger partial charge in [-0.15, -0.1) is 0 Å². The van der Waals surface area contributed by atoms with Crippen molar-refractivity contribution in [3.8, 4) is 6.07 Å². The zero-order valence-electron chi connectivity index (χ0n) is 14.8. The van der Waals surface area contributed by atoms with Gasteiger partial charge < -0.3 is 0 Å². The summed E-state index contributed by atoms with van der Waals surface area (Å²) in [6.45, 7) is 9.24. The highest BCUT2D eigenvalue weighted by molar-refractivity contribution is 5.48. The fourth-order valence-corrected chi connectivity index (χ4v) is 3.99. The predicted octanol–water partition coefficient (Wildman–Crippen LogP) is 5.90. The van der Waals surface area contributed by atoms with E-state index in [1.54, 1.807) is 0 Å². The Hall–Kier alpha value is -1.81. The van der Waals surface area contributed by atoms with Crippen molar-refractivity contribution in [2.24, 2.45) is 23.2 Å². The first-order chi connectivity index (χ1) is 10.9. The lowest BCUT2D eigenvalue weighted by atomic mass is 9.71. The molecular formula is C22H27N. The standard InChI is InChI=1S/C22H27N/c1-15-12-19(22(2,3)4)9-11-20(15)17-8-10-21-16(13-17)6-5-7-18(21)14-23/h5-6,8,10-12,17-19H,7,9,13H2,1-4H3. The number of rotatable bonds is 1. The highest BCUT2D eigenvalue weighted by atomic mass is 14.3. The van der Waals surface area contributed by atoms with Gasteiger partial charge in [0, 0.05) is 5.92 Å². The maximum Gasteiger partial charge on any atom is 0.0749 e. The van der Waals surface area contributed by atoms with Crippen molar-refractivity contribution in [3.05, 3.63) is 58.7 Å². The molecule has 3 aliphatic rings. The molecule has 0 saturated heterocycles. The minimum Gasteiger partial charge on any atom is -0.198 e. The molecule has 0 aromatic heterocycles. The molecule has 1 nitrogen and oxygen atoms in total. The second-order valence-electron chi connectivity index (χ2n) is 8.19. The second-order valence-corrected chi connectivity index (χ2v) is 8.19. The Morgan fingerprint density at radius 1 is 1.17 bits per heavy atom. The molecule has 0 aromatic carbocycles. The van der Waals surface area contributed by atoms with Crippen LogP contribution in [0.3, 0.4) is 0 Å². The molecule has 0 N–H and O–H groups in total. The molecule has 0 amide bonds. The van der Waals surface area contributed by atoms with Crippen molar-refractivity contribution >= 4 is 0 Å². The average Bonchev–Trinajstić information content (AvgIpc) is 2.52. The lowest BCUT2D eigenvalue weighted by Gasteiger charge is -2.34. The van der Waals surface area contributed by atoms with E-state index in [9.17, 15) is 5.26 Å². The van der Waals surface area contributed by atoms with Crippen LogP contribution in [0.1, 0.15) is 47.0 Å². The summed E-state index contributed by atoms with van der Waals surface area (Å²) in [5.74, 6) is 1.15. The Balaban J connectivity index is 1.79. The van der Waals surface area contributed by atoms with E-state index in [2.05, 4.69) is 70.2 Å². The van der Waals surface area contributed by atoms with Gasteiger partial charge in [-0.1, -0.05) is 62.8 Å². The van der Waals surface area contributed by atoms with Gasteiger partial charge in [0.05, 0.1) is 12.0 Å². The van der Waals surface area contributed by atoms with Crippen molar-refractivity contribution < 1.29 is 0 Å². The first kappa shape index (κ1) is 16.1. The fraction of sp³-hybridized carbons (Fsp3) is 0.500. The van der Waals surface area contributed by atoms with Crippen LogP contribution in [0.2, 0.25) is 0 Å². The zero-order chi connectivity index (χ0) is 16.6. The van der Waals surface area contributed by atoms with Crippen LogP contribution >= 0.6 is 0 Å². The van der Waals surface area contributed by atoms with Crippen molar-refractivity contribution in [1.82, 2.24) is 0 Å². The molecule has 0 saturated carbocycles. The van der Waals surface area contributed by atoms with Gasteiger partial charge in [-0.2, -0.15) is 5.26 Å². The van der Waals surface area contributed by atoms with Crippen molar-refractivity contribution in [3.63, 3.8) is 0 Å². The van der Waals surface area contributed by atoms with Gasteiger partial charge in [0.2, 0.25) is 0 Å². The average molecular weight is 305 g/mol. The Bertz CT molecular complexity index is 682. The van der Waals surface area contributed by atoms with E-state index in [0.29, 0.717) is 17.3 Å². The highest BCUT2D eigenvalue weighted by Gasteiger charge is 2.29. The van der Waals surface area contributed by atoms with Crippen LogP contribution in [0.15, 0.2) is 58.7 Å². The minimum absolute atomic E-state index is 0.0504. The van der Waals surface area contributed by atoms with Crippen LogP contribution in [0.5, 0.6) is 0 Å². The van der Waals surface area contributed by atoms with Crippen LogP contribution in [-0.2, 0) is 0 Å². The monoisotopic (exact) mass is 305 g/mol. The quantitative estimate of drug-likeness (QED) is 0.592. The fourth-order valence-electron chi connectivity index (χ4n) is 3.99. The number of hydrogen-bond donors (Lipinski definition) is 0. The summed E-state index contributed by atoms with van der Waals surface area (Å²) in [7, 11) is 0. The van der Waals surface area contributed by atoms with Gasteiger partial charge in [-0.3, -0.25) is 0 Å². The van der Waals surface area contributed by atoms with E-state index in [1.165, 1.54) is 22.3 Å². The molecule has 0 radical (unpaired) electrons. The molecule has 0 aromatic rings. The Morgan fingerprint density at radius 2 is 1.96 bits per heavy atom. The third-order valence-electron chi connectivity index (χ3n) is 5.55. The van der Waals surface area contributed by atoms with Crippen molar-refractivity contribution in [1.29, 1.82) is 5.26 Å². The van der Waals surface area contributed by atoms with Gasteiger partial charge in [0.25, 0.3) is 0 Å². The van der Waals surface area contributed by atoms with Gasteiger partial charge >= 0.3 is 0 Å². The summed E-state index contributed by atoms with van der Waals surface area (Å²) in [5.41, 5.74) is 5.86. The van der Waals surface area contributed by atoms with E-state index in [-0.39, 0.29) is 5.92 Å². The van der Waals surface area contributed by atoms with Crippen molar-refractivity contribution in [2.45, 2.75) is 47.0 Å². The molecule has 120 valence electrons. The van der Waals surface area contributed by atoms with Crippen LogP contribution in [-0.4, -0.2) is 0 Å². The van der Waals surface area contributed by atoms with Gasteiger partial charge in [-0.25, -0.2) is 0 Å². The second kappa shape index (κ2) is 6.00. The summed E-state index contributed by atoms with van der Waals surface area (Å²) < 4.78 is 0. The molecule has 0 fully saturated rings. The minimum atomic E-state index is 0.0504. The molecule has 3 aliphatic carbocycles. The Labute approximate surface area is 140 Å². The molecule has 3 unspecified atom stereocenters. The Morgan fingerprint density at radius 3 is 2.61 bits per heavy atom. The van der Waals surface area contributed by atoms with E-state index < -0.39 is 0 Å². The first-order valence-electron chi connectivity index (χ1n) is 8.76. The lowest BCUT2D eigenvalue weighted by Crippen LogP contribution is -2.22. The van der Waals surface area contributed by atoms with Crippen LogP contribution in [0, 0.1) is 34.5 Å². The van der Waals surface area contributed by atoms with Crippen molar-refractivity contribution in [2.75, 3.05) is 0 Å². The van der Waals surface area contributed by atoms with E-state index >= 15 is 0 Å². The summed E-state index contributed by atoms with van der Waals surface area (Å²) in [6, 6.07) is 2.44. The molecule has 3 atom stereocenters. The summed E-state index contributed by atoms with van der Waals surface area (Å²) in [5, 5.41) is 9.32. The van der Waals surface area contributed by atoms with E-state index in [1.807, 2.05) is 0 Å². The van der Waals surface area contributed by atoms with E-state index in [0.717, 1.165) is 19.3 Å². The normalized spacial score (nSPS) is 30.5. The van der Waals surface area contributed by atoms with E-state index in [4.69, 9.17) is 0 Å². The summed E-state index contributed by atoms with van der Waals surface area (Å²) in [4.78, 5) is 0. The molecule has 0 aliphatic heterocycles. The summed E-state index contributed by atoms with van der Waals surface area (Å²) >= 11 is 0. The lowest BCUT2D eigenvalue weighted by molar-refractivity contribution is 0.291. The Kier molecular flexibility index (Phi) is 4.19. The predicted molar refractivity (Wildman–Crippen MR) is 96.5 cm³/mol. The SMILES string of the molecule is CC1=CC(C(C)(C)C)CC=C1C1C=CC2=C(C=CCC2C#N)C1. The largest absolute Gasteiger partial charge is 0.198 e. The van der Waals surface area contributed by atoms with Gasteiger partial charge in [0.15, 0.2) is 0 Å². The molecule has 3 rings (SSSR count). The molecule has 0 heterocycles. The summed E-state index contributed by atoms with van der Waals surface area (Å²) in [6.07, 6.45) is 16.9. The number of hydrogen-bond acceptors (Lipinski definition) is 1. The maximum atomic E-state index is 9.32. The zero-order valence-corrected chi connectivity index (χ0v) is 14.8. The highest BCUT2D eigenvalue weighted by Crippen LogP contribution is 2.42. The molecule has 0 bridgehead atoms. The maximum absolute atomic E-state index is 9.32. The number of allylic oxidation sites excluding steroid dienone is 10. The molecule has 0 spiro atoms. The smallest absolute Gasteiger partial charge is 0.0749 e. The van der Waals surface area contributed by atoms with Gasteiger partial charge in [-0.05, 0) is 54.2 Å². The molecule has 23 heavy (non-hydrogen) atoms. The molecular weight excluding hydrogens is 278 g/mol. The van der Waals surface area contributed by atoms with Gasteiger partial charge in [0.1, 0.15) is 0 Å². The third kappa shape index (κ3) is 3.13. The first-order valence-corrected chi connectivity index (χ1v) is 8.76. The third-order valence-corrected chi connectivity index (χ3v) is 5.55. The van der Waals surface area contributed by atoms with Crippen LogP contribution in [0.4, 0.5) is 0 Å².